The number of terminal acetylenes is 1. The Labute approximate surface area is 129 Å². The fourth-order valence-corrected chi connectivity index (χ4v) is 1.94. The summed E-state index contributed by atoms with van der Waals surface area (Å²) in [7, 11) is 0. The van der Waals surface area contributed by atoms with Crippen LogP contribution < -0.4 is 0 Å². The molecule has 1 heteroatoms. The van der Waals surface area contributed by atoms with Crippen LogP contribution >= 0.6 is 0 Å². The molecule has 1 aliphatic rings. The van der Waals surface area contributed by atoms with Gasteiger partial charge in [-0.05, 0) is 37.1 Å². The maximum absolute atomic E-state index is 5.40. The van der Waals surface area contributed by atoms with Crippen molar-refractivity contribution in [2.45, 2.75) is 26.2 Å². The van der Waals surface area contributed by atoms with E-state index in [0.717, 1.165) is 29.9 Å². The molecule has 0 aliphatic heterocycles. The van der Waals surface area contributed by atoms with Gasteiger partial charge < -0.3 is 4.90 Å². The molecule has 0 saturated heterocycles. The zero-order chi connectivity index (χ0) is 15.5. The molecule has 0 radical (unpaired) electrons. The molecule has 1 rings (SSSR count). The van der Waals surface area contributed by atoms with Gasteiger partial charge in [-0.2, -0.15) is 0 Å². The topological polar surface area (TPSA) is 3.24 Å². The van der Waals surface area contributed by atoms with Crippen LogP contribution in [0.3, 0.4) is 0 Å². The molecule has 0 spiro atoms. The van der Waals surface area contributed by atoms with E-state index in [1.165, 1.54) is 0 Å². The minimum absolute atomic E-state index is 0.583. The van der Waals surface area contributed by atoms with Gasteiger partial charge in [0.05, 0.1) is 0 Å². The zero-order valence-corrected chi connectivity index (χ0v) is 12.8. The Balaban J connectivity index is 3.23. The normalized spacial score (nSPS) is 14.5. The molecule has 0 aromatic carbocycles. The summed E-state index contributed by atoms with van der Waals surface area (Å²) in [5.74, 6) is 2.66. The standard InChI is InChI=1S/C20H23N/c1-5-8-14-19(15-9-6-2)21(18(4)7-3)20-16-12-10-11-13-17-20/h1,7,9-12,14-17H,3-4,6,8,13H2,2H3/b15-9-,19-14+. The van der Waals surface area contributed by atoms with Crippen LogP contribution in [0.15, 0.2) is 84.9 Å². The van der Waals surface area contributed by atoms with Crippen LogP contribution in [0.4, 0.5) is 0 Å². The lowest BCUT2D eigenvalue weighted by atomic mass is 10.2. The van der Waals surface area contributed by atoms with E-state index in [1.54, 1.807) is 6.08 Å². The first kappa shape index (κ1) is 16.6. The summed E-state index contributed by atoms with van der Waals surface area (Å²) in [5, 5.41) is 0. The highest BCUT2D eigenvalue weighted by Crippen LogP contribution is 2.24. The summed E-state index contributed by atoms with van der Waals surface area (Å²) in [5.41, 5.74) is 2.93. The largest absolute Gasteiger partial charge is 0.312 e. The van der Waals surface area contributed by atoms with Gasteiger partial charge in [-0.25, -0.2) is 0 Å². The molecule has 0 aromatic heterocycles. The van der Waals surface area contributed by atoms with E-state index in [1.807, 2.05) is 18.2 Å². The van der Waals surface area contributed by atoms with Gasteiger partial charge in [0.2, 0.25) is 0 Å². The Morgan fingerprint density at radius 1 is 1.48 bits per heavy atom. The molecule has 1 nitrogen and oxygen atoms in total. The smallest absolute Gasteiger partial charge is 0.0427 e. The first-order valence-electron chi connectivity index (χ1n) is 7.19. The van der Waals surface area contributed by atoms with E-state index >= 15 is 0 Å². The van der Waals surface area contributed by atoms with Gasteiger partial charge in [-0.15, -0.1) is 12.3 Å². The van der Waals surface area contributed by atoms with Gasteiger partial charge >= 0.3 is 0 Å². The molecular weight excluding hydrogens is 254 g/mol. The highest BCUT2D eigenvalue weighted by Gasteiger charge is 2.12. The minimum atomic E-state index is 0.583. The molecule has 0 aromatic rings. The Hall–Kier alpha value is -2.46. The molecule has 0 saturated carbocycles. The minimum Gasteiger partial charge on any atom is -0.312 e. The van der Waals surface area contributed by atoms with E-state index in [-0.39, 0.29) is 0 Å². The molecule has 21 heavy (non-hydrogen) atoms. The van der Waals surface area contributed by atoms with Crippen molar-refractivity contribution in [3.8, 4) is 12.3 Å². The molecule has 0 N–H and O–H groups in total. The molecule has 0 bridgehead atoms. The molecule has 0 unspecified atom stereocenters. The SMILES string of the molecule is C#CC/C=C(\C=C/CC)N(C(=C)C=C)C1=CCC=CC=C1. The van der Waals surface area contributed by atoms with Gasteiger partial charge in [0, 0.05) is 23.5 Å². The van der Waals surface area contributed by atoms with E-state index in [9.17, 15) is 0 Å². The third-order valence-electron chi connectivity index (χ3n) is 2.97. The summed E-state index contributed by atoms with van der Waals surface area (Å²) >= 11 is 0. The summed E-state index contributed by atoms with van der Waals surface area (Å²) < 4.78 is 0. The fourth-order valence-electron chi connectivity index (χ4n) is 1.94. The second-order valence-corrected chi connectivity index (χ2v) is 4.53. The Bertz CT molecular complexity index is 559. The van der Waals surface area contributed by atoms with Gasteiger partial charge in [0.15, 0.2) is 0 Å². The van der Waals surface area contributed by atoms with Crippen LogP contribution in [0.1, 0.15) is 26.2 Å². The van der Waals surface area contributed by atoms with Crippen molar-refractivity contribution >= 4 is 0 Å². The van der Waals surface area contributed by atoms with Gasteiger partial charge in [0.1, 0.15) is 0 Å². The van der Waals surface area contributed by atoms with Gasteiger partial charge in [-0.1, -0.05) is 50.5 Å². The second-order valence-electron chi connectivity index (χ2n) is 4.53. The average molecular weight is 277 g/mol. The van der Waals surface area contributed by atoms with E-state index in [2.05, 4.69) is 61.3 Å². The molecule has 0 fully saturated rings. The Kier molecular flexibility index (Phi) is 7.46. The Morgan fingerprint density at radius 3 is 2.95 bits per heavy atom. The second kappa shape index (κ2) is 9.44. The highest BCUT2D eigenvalue weighted by atomic mass is 15.2. The van der Waals surface area contributed by atoms with Gasteiger partial charge in [0.25, 0.3) is 0 Å². The first-order chi connectivity index (χ1) is 10.2. The van der Waals surface area contributed by atoms with Crippen molar-refractivity contribution < 1.29 is 0 Å². The van der Waals surface area contributed by atoms with E-state index in [0.29, 0.717) is 6.42 Å². The van der Waals surface area contributed by atoms with Crippen LogP contribution in [0.2, 0.25) is 0 Å². The third kappa shape index (κ3) is 5.20. The highest BCUT2D eigenvalue weighted by molar-refractivity contribution is 5.39. The van der Waals surface area contributed by atoms with Crippen molar-refractivity contribution in [3.05, 3.63) is 84.9 Å². The maximum atomic E-state index is 5.40. The first-order valence-corrected chi connectivity index (χ1v) is 7.19. The number of rotatable bonds is 7. The number of hydrogen-bond acceptors (Lipinski definition) is 1. The molecule has 0 heterocycles. The molecule has 0 atom stereocenters. The lowest BCUT2D eigenvalue weighted by Gasteiger charge is -2.27. The van der Waals surface area contributed by atoms with Crippen LogP contribution in [0, 0.1) is 12.3 Å². The monoisotopic (exact) mass is 277 g/mol. The predicted octanol–water partition coefficient (Wildman–Crippen LogP) is 5.26. The summed E-state index contributed by atoms with van der Waals surface area (Å²) in [6.07, 6.45) is 26.3. The van der Waals surface area contributed by atoms with Crippen molar-refractivity contribution in [1.29, 1.82) is 0 Å². The van der Waals surface area contributed by atoms with Crippen molar-refractivity contribution in [3.63, 3.8) is 0 Å². The van der Waals surface area contributed by atoms with Crippen molar-refractivity contribution in [2.24, 2.45) is 0 Å². The van der Waals surface area contributed by atoms with Gasteiger partial charge in [-0.3, -0.25) is 0 Å². The summed E-state index contributed by atoms with van der Waals surface area (Å²) in [6.45, 7) is 10.1. The lowest BCUT2D eigenvalue weighted by Crippen LogP contribution is -2.18. The molecule has 1 aliphatic carbocycles. The van der Waals surface area contributed by atoms with E-state index < -0.39 is 0 Å². The molecule has 108 valence electrons. The molecule has 0 amide bonds. The van der Waals surface area contributed by atoms with Crippen LogP contribution in [0.5, 0.6) is 0 Å². The van der Waals surface area contributed by atoms with E-state index in [4.69, 9.17) is 6.42 Å². The number of nitrogens with zero attached hydrogens (tertiary/aromatic N) is 1. The lowest BCUT2D eigenvalue weighted by molar-refractivity contribution is 0.576. The maximum Gasteiger partial charge on any atom is 0.0427 e. The van der Waals surface area contributed by atoms with Crippen molar-refractivity contribution in [1.82, 2.24) is 4.90 Å². The third-order valence-corrected chi connectivity index (χ3v) is 2.97. The summed E-state index contributed by atoms with van der Waals surface area (Å²) in [6, 6.07) is 0. The van der Waals surface area contributed by atoms with Crippen LogP contribution in [-0.2, 0) is 0 Å². The zero-order valence-electron chi connectivity index (χ0n) is 12.8. The Morgan fingerprint density at radius 2 is 2.29 bits per heavy atom. The van der Waals surface area contributed by atoms with Crippen molar-refractivity contribution in [2.75, 3.05) is 0 Å². The molecular formula is C20H23N. The number of allylic oxidation sites excluding steroid dienone is 9. The van der Waals surface area contributed by atoms with Crippen LogP contribution in [-0.4, -0.2) is 4.90 Å². The predicted molar refractivity (Wildman–Crippen MR) is 93.1 cm³/mol. The van der Waals surface area contributed by atoms with Crippen LogP contribution in [0.25, 0.3) is 0 Å². The average Bonchev–Trinajstić information content (AvgIpc) is 2.78. The quantitative estimate of drug-likeness (QED) is 0.453. The number of hydrogen-bond donors (Lipinski definition) is 0. The summed E-state index contributed by atoms with van der Waals surface area (Å²) in [4.78, 5) is 2.08. The fraction of sp³-hybridized carbons (Fsp3) is 0.200.